The minimum atomic E-state index is 0.611. The molecule has 0 saturated carbocycles. The molecule has 1 heterocycles. The van der Waals surface area contributed by atoms with Gasteiger partial charge in [0, 0.05) is 11.4 Å². The molecule has 0 atom stereocenters. The average Bonchev–Trinajstić information content (AvgIpc) is 2.43. The number of para-hydroxylation sites is 1. The lowest BCUT2D eigenvalue weighted by molar-refractivity contribution is 0.341. The van der Waals surface area contributed by atoms with Crippen LogP contribution < -0.4 is 10.5 Å². The highest BCUT2D eigenvalue weighted by molar-refractivity contribution is 5.64. The fourth-order valence-electron chi connectivity index (χ4n) is 2.30. The van der Waals surface area contributed by atoms with E-state index < -0.39 is 0 Å². The predicted octanol–water partition coefficient (Wildman–Crippen LogP) is 2.66. The summed E-state index contributed by atoms with van der Waals surface area (Å²) in [6.45, 7) is 7.22. The molecule has 106 valence electrons. The standard InChI is InChI=1S/C16H21N3O/c1-4-20-15-8-6-5-7-14(15)16-18-11(2)13(9-10-17)12(3)19-16/h5-8H,4,9-10,17H2,1-3H3. The fraction of sp³-hybridized carbons (Fsp3) is 0.375. The van der Waals surface area contributed by atoms with E-state index in [-0.39, 0.29) is 0 Å². The van der Waals surface area contributed by atoms with Gasteiger partial charge in [-0.3, -0.25) is 0 Å². The summed E-state index contributed by atoms with van der Waals surface area (Å²) in [5.41, 5.74) is 9.69. The third kappa shape index (κ3) is 2.96. The molecule has 2 rings (SSSR count). The van der Waals surface area contributed by atoms with E-state index in [1.165, 1.54) is 0 Å². The highest BCUT2D eigenvalue weighted by Gasteiger charge is 2.12. The SMILES string of the molecule is CCOc1ccccc1-c1nc(C)c(CCN)c(C)n1. The molecular weight excluding hydrogens is 250 g/mol. The summed E-state index contributed by atoms with van der Waals surface area (Å²) in [6.07, 6.45) is 0.811. The van der Waals surface area contributed by atoms with Crippen LogP contribution in [0.1, 0.15) is 23.9 Å². The third-order valence-electron chi connectivity index (χ3n) is 3.24. The molecule has 2 aromatic rings. The van der Waals surface area contributed by atoms with Crippen molar-refractivity contribution in [3.8, 4) is 17.1 Å². The first-order chi connectivity index (χ1) is 9.67. The summed E-state index contributed by atoms with van der Waals surface area (Å²) in [4.78, 5) is 9.24. The van der Waals surface area contributed by atoms with Crippen molar-refractivity contribution in [3.63, 3.8) is 0 Å². The molecule has 0 unspecified atom stereocenters. The molecule has 4 nitrogen and oxygen atoms in total. The largest absolute Gasteiger partial charge is 0.493 e. The zero-order chi connectivity index (χ0) is 14.5. The summed E-state index contributed by atoms with van der Waals surface area (Å²) in [7, 11) is 0. The van der Waals surface area contributed by atoms with Gasteiger partial charge in [-0.15, -0.1) is 0 Å². The van der Waals surface area contributed by atoms with Crippen LogP contribution in [0.4, 0.5) is 0 Å². The lowest BCUT2D eigenvalue weighted by Crippen LogP contribution is -2.09. The summed E-state index contributed by atoms with van der Waals surface area (Å²) < 4.78 is 5.65. The summed E-state index contributed by atoms with van der Waals surface area (Å²) in [5.74, 6) is 1.53. The van der Waals surface area contributed by atoms with E-state index in [0.29, 0.717) is 19.0 Å². The first-order valence-corrected chi connectivity index (χ1v) is 6.93. The Kier molecular flexibility index (Phi) is 4.69. The van der Waals surface area contributed by atoms with Gasteiger partial charge in [0.2, 0.25) is 0 Å². The van der Waals surface area contributed by atoms with E-state index in [2.05, 4.69) is 9.97 Å². The van der Waals surface area contributed by atoms with Gasteiger partial charge >= 0.3 is 0 Å². The quantitative estimate of drug-likeness (QED) is 0.908. The number of aromatic nitrogens is 2. The summed E-state index contributed by atoms with van der Waals surface area (Å²) >= 11 is 0. The van der Waals surface area contributed by atoms with E-state index >= 15 is 0 Å². The van der Waals surface area contributed by atoms with Crippen molar-refractivity contribution in [1.29, 1.82) is 0 Å². The van der Waals surface area contributed by atoms with Crippen LogP contribution in [0.15, 0.2) is 24.3 Å². The highest BCUT2D eigenvalue weighted by atomic mass is 16.5. The van der Waals surface area contributed by atoms with Gasteiger partial charge in [0.15, 0.2) is 5.82 Å². The molecule has 0 fully saturated rings. The summed E-state index contributed by atoms with van der Waals surface area (Å²) in [6, 6.07) is 7.86. The third-order valence-corrected chi connectivity index (χ3v) is 3.24. The van der Waals surface area contributed by atoms with Gasteiger partial charge in [-0.25, -0.2) is 9.97 Å². The lowest BCUT2D eigenvalue weighted by Gasteiger charge is -2.12. The van der Waals surface area contributed by atoms with Crippen molar-refractivity contribution in [2.75, 3.05) is 13.2 Å². The van der Waals surface area contributed by atoms with Crippen molar-refractivity contribution in [2.45, 2.75) is 27.2 Å². The van der Waals surface area contributed by atoms with E-state index in [4.69, 9.17) is 10.5 Å². The first-order valence-electron chi connectivity index (χ1n) is 6.93. The molecule has 4 heteroatoms. The number of aryl methyl sites for hydroxylation is 2. The maximum Gasteiger partial charge on any atom is 0.163 e. The van der Waals surface area contributed by atoms with E-state index in [1.54, 1.807) is 0 Å². The monoisotopic (exact) mass is 271 g/mol. The molecule has 2 N–H and O–H groups in total. The number of benzene rings is 1. The molecular formula is C16H21N3O. The van der Waals surface area contributed by atoms with Crippen LogP contribution in [0.3, 0.4) is 0 Å². The summed E-state index contributed by atoms with van der Waals surface area (Å²) in [5, 5.41) is 0. The smallest absolute Gasteiger partial charge is 0.163 e. The highest BCUT2D eigenvalue weighted by Crippen LogP contribution is 2.28. The molecule has 0 aliphatic carbocycles. The molecule has 1 aromatic carbocycles. The van der Waals surface area contributed by atoms with E-state index in [1.807, 2.05) is 45.0 Å². The van der Waals surface area contributed by atoms with Gasteiger partial charge < -0.3 is 10.5 Å². The van der Waals surface area contributed by atoms with Gasteiger partial charge in [0.05, 0.1) is 12.2 Å². The minimum absolute atomic E-state index is 0.611. The second kappa shape index (κ2) is 6.48. The Morgan fingerprint density at radius 2 is 1.75 bits per heavy atom. The Bertz CT molecular complexity index is 573. The number of hydrogen-bond acceptors (Lipinski definition) is 4. The number of hydrogen-bond donors (Lipinski definition) is 1. The average molecular weight is 271 g/mol. The van der Waals surface area contributed by atoms with Crippen LogP contribution in [0.25, 0.3) is 11.4 Å². The van der Waals surface area contributed by atoms with Crippen molar-refractivity contribution in [1.82, 2.24) is 9.97 Å². The molecule has 0 saturated heterocycles. The second-order valence-corrected chi connectivity index (χ2v) is 4.66. The minimum Gasteiger partial charge on any atom is -0.493 e. The van der Waals surface area contributed by atoms with Crippen molar-refractivity contribution in [3.05, 3.63) is 41.2 Å². The molecule has 0 aliphatic rings. The van der Waals surface area contributed by atoms with Crippen molar-refractivity contribution in [2.24, 2.45) is 5.73 Å². The zero-order valence-electron chi connectivity index (χ0n) is 12.3. The Balaban J connectivity index is 2.49. The Labute approximate surface area is 120 Å². The van der Waals surface area contributed by atoms with Crippen molar-refractivity contribution >= 4 is 0 Å². The van der Waals surface area contributed by atoms with Crippen LogP contribution in [0, 0.1) is 13.8 Å². The maximum absolute atomic E-state index is 5.65. The zero-order valence-corrected chi connectivity index (χ0v) is 12.3. The second-order valence-electron chi connectivity index (χ2n) is 4.66. The fourth-order valence-corrected chi connectivity index (χ4v) is 2.30. The lowest BCUT2D eigenvalue weighted by atomic mass is 10.1. The van der Waals surface area contributed by atoms with Gasteiger partial charge in [-0.1, -0.05) is 12.1 Å². The molecule has 1 aromatic heterocycles. The first kappa shape index (κ1) is 14.5. The van der Waals surface area contributed by atoms with Crippen LogP contribution >= 0.6 is 0 Å². The molecule has 0 spiro atoms. The van der Waals surface area contributed by atoms with Gasteiger partial charge in [-0.2, -0.15) is 0 Å². The predicted molar refractivity (Wildman–Crippen MR) is 80.9 cm³/mol. The van der Waals surface area contributed by atoms with Gasteiger partial charge in [0.1, 0.15) is 5.75 Å². The molecule has 20 heavy (non-hydrogen) atoms. The van der Waals surface area contributed by atoms with E-state index in [0.717, 1.165) is 34.7 Å². The van der Waals surface area contributed by atoms with Gasteiger partial charge in [0.25, 0.3) is 0 Å². The van der Waals surface area contributed by atoms with Crippen LogP contribution in [0.5, 0.6) is 5.75 Å². The van der Waals surface area contributed by atoms with Gasteiger partial charge in [-0.05, 0) is 51.4 Å². The molecule has 0 radical (unpaired) electrons. The van der Waals surface area contributed by atoms with Crippen molar-refractivity contribution < 1.29 is 4.74 Å². The molecule has 0 bridgehead atoms. The molecule has 0 amide bonds. The number of nitrogens with two attached hydrogens (primary N) is 1. The van der Waals surface area contributed by atoms with Crippen LogP contribution in [-0.2, 0) is 6.42 Å². The number of ether oxygens (including phenoxy) is 1. The maximum atomic E-state index is 5.65. The number of nitrogens with zero attached hydrogens (tertiary/aromatic N) is 2. The Morgan fingerprint density at radius 1 is 1.10 bits per heavy atom. The van der Waals surface area contributed by atoms with Crippen LogP contribution in [0.2, 0.25) is 0 Å². The molecule has 0 aliphatic heterocycles. The van der Waals surface area contributed by atoms with Crippen LogP contribution in [-0.4, -0.2) is 23.1 Å². The Hall–Kier alpha value is -1.94. The van der Waals surface area contributed by atoms with E-state index in [9.17, 15) is 0 Å². The topological polar surface area (TPSA) is 61.0 Å². The normalized spacial score (nSPS) is 10.6. The Morgan fingerprint density at radius 3 is 2.35 bits per heavy atom. The number of rotatable bonds is 5.